The molecule has 1 aliphatic carbocycles. The van der Waals surface area contributed by atoms with E-state index in [1.54, 1.807) is 0 Å². The molecule has 1 amide bonds. The highest BCUT2D eigenvalue weighted by molar-refractivity contribution is 5.78. The van der Waals surface area contributed by atoms with Gasteiger partial charge in [0.1, 0.15) is 0 Å². The van der Waals surface area contributed by atoms with E-state index < -0.39 is 0 Å². The average Bonchev–Trinajstić information content (AvgIpc) is 2.29. The van der Waals surface area contributed by atoms with E-state index >= 15 is 0 Å². The summed E-state index contributed by atoms with van der Waals surface area (Å²) in [6.45, 7) is 4.82. The average molecular weight is 227 g/mol. The van der Waals surface area contributed by atoms with Gasteiger partial charge in [0.25, 0.3) is 0 Å². The number of amides is 1. The molecule has 2 N–H and O–H groups in total. The number of nitrogens with one attached hydrogen (secondary N) is 1. The molecule has 0 aromatic carbocycles. The van der Waals surface area contributed by atoms with Gasteiger partial charge >= 0.3 is 0 Å². The largest absolute Gasteiger partial charge is 0.393 e. The lowest BCUT2D eigenvalue weighted by Crippen LogP contribution is -2.34. The third-order valence-electron chi connectivity index (χ3n) is 3.63. The highest BCUT2D eigenvalue weighted by Crippen LogP contribution is 2.28. The summed E-state index contributed by atoms with van der Waals surface area (Å²) in [5, 5.41) is 12.3. The first-order valence-corrected chi connectivity index (χ1v) is 6.59. The van der Waals surface area contributed by atoms with Gasteiger partial charge in [-0.15, -0.1) is 0 Å². The molecule has 0 heterocycles. The van der Waals surface area contributed by atoms with Gasteiger partial charge in [0, 0.05) is 12.5 Å². The van der Waals surface area contributed by atoms with E-state index in [9.17, 15) is 9.90 Å². The smallest absolute Gasteiger partial charge is 0.223 e. The number of hydrogen-bond donors (Lipinski definition) is 2. The molecule has 0 saturated heterocycles. The van der Waals surface area contributed by atoms with Crippen LogP contribution in [0.25, 0.3) is 0 Å². The zero-order chi connectivity index (χ0) is 12.0. The minimum Gasteiger partial charge on any atom is -0.393 e. The number of aliphatic hydroxyl groups excluding tert-OH is 1. The van der Waals surface area contributed by atoms with Gasteiger partial charge in [0.05, 0.1) is 6.10 Å². The van der Waals surface area contributed by atoms with Crippen LogP contribution in [0.1, 0.15) is 52.4 Å². The topological polar surface area (TPSA) is 49.3 Å². The number of carbonyl (C=O) groups excluding carboxylic acids is 1. The molecule has 1 rings (SSSR count). The Hall–Kier alpha value is -0.570. The molecule has 0 spiro atoms. The fourth-order valence-corrected chi connectivity index (χ4v) is 2.23. The number of hydrogen-bond acceptors (Lipinski definition) is 2. The first-order valence-electron chi connectivity index (χ1n) is 6.59. The number of carbonyl (C=O) groups is 1. The molecule has 0 aromatic rings. The van der Waals surface area contributed by atoms with Crippen molar-refractivity contribution in [1.82, 2.24) is 5.32 Å². The van der Waals surface area contributed by atoms with Gasteiger partial charge in [-0.05, 0) is 44.4 Å². The molecule has 1 unspecified atom stereocenters. The van der Waals surface area contributed by atoms with Crippen LogP contribution in [0.2, 0.25) is 0 Å². The van der Waals surface area contributed by atoms with Gasteiger partial charge in [-0.3, -0.25) is 4.79 Å². The molecule has 0 aromatic heterocycles. The SMILES string of the molecule is CCC(O)CCNC(=O)C1CCC(C)CC1. The lowest BCUT2D eigenvalue weighted by Gasteiger charge is -2.25. The third kappa shape index (κ3) is 4.52. The molecule has 16 heavy (non-hydrogen) atoms. The summed E-state index contributed by atoms with van der Waals surface area (Å²) in [4.78, 5) is 11.8. The Morgan fingerprint density at radius 2 is 2.00 bits per heavy atom. The number of aliphatic hydroxyl groups is 1. The van der Waals surface area contributed by atoms with Crippen LogP contribution >= 0.6 is 0 Å². The van der Waals surface area contributed by atoms with Crippen molar-refractivity contribution in [2.45, 2.75) is 58.5 Å². The Morgan fingerprint density at radius 1 is 1.38 bits per heavy atom. The highest BCUT2D eigenvalue weighted by Gasteiger charge is 2.23. The molecule has 0 aliphatic heterocycles. The van der Waals surface area contributed by atoms with Crippen LogP contribution in [0.3, 0.4) is 0 Å². The molecule has 1 fully saturated rings. The molecule has 0 radical (unpaired) electrons. The van der Waals surface area contributed by atoms with Crippen LogP contribution in [0.5, 0.6) is 0 Å². The monoisotopic (exact) mass is 227 g/mol. The molecule has 1 atom stereocenters. The third-order valence-corrected chi connectivity index (χ3v) is 3.63. The van der Waals surface area contributed by atoms with Gasteiger partial charge in [0.2, 0.25) is 5.91 Å². The number of rotatable bonds is 5. The van der Waals surface area contributed by atoms with Gasteiger partial charge < -0.3 is 10.4 Å². The predicted octanol–water partition coefficient (Wildman–Crippen LogP) is 2.09. The summed E-state index contributed by atoms with van der Waals surface area (Å²) in [6.07, 6.45) is 5.58. The van der Waals surface area contributed by atoms with E-state index in [2.05, 4.69) is 12.2 Å². The van der Waals surface area contributed by atoms with Crippen molar-refractivity contribution >= 4 is 5.91 Å². The summed E-state index contributed by atoms with van der Waals surface area (Å²) in [5.41, 5.74) is 0. The van der Waals surface area contributed by atoms with Crippen LogP contribution in [0.4, 0.5) is 0 Å². The van der Waals surface area contributed by atoms with Crippen molar-refractivity contribution in [3.05, 3.63) is 0 Å². The van der Waals surface area contributed by atoms with Crippen LogP contribution in [-0.4, -0.2) is 23.7 Å². The van der Waals surface area contributed by atoms with Crippen LogP contribution in [-0.2, 0) is 4.79 Å². The van der Waals surface area contributed by atoms with Crippen molar-refractivity contribution in [1.29, 1.82) is 0 Å². The fraction of sp³-hybridized carbons (Fsp3) is 0.923. The van der Waals surface area contributed by atoms with E-state index in [4.69, 9.17) is 0 Å². The van der Waals surface area contributed by atoms with Gasteiger partial charge in [-0.25, -0.2) is 0 Å². The lowest BCUT2D eigenvalue weighted by atomic mass is 9.82. The van der Waals surface area contributed by atoms with Gasteiger partial charge in [0.15, 0.2) is 0 Å². The predicted molar refractivity (Wildman–Crippen MR) is 65.0 cm³/mol. The van der Waals surface area contributed by atoms with E-state index in [1.807, 2.05) is 6.92 Å². The first-order chi connectivity index (χ1) is 7.63. The van der Waals surface area contributed by atoms with Crippen molar-refractivity contribution in [3.63, 3.8) is 0 Å². The van der Waals surface area contributed by atoms with E-state index in [1.165, 1.54) is 12.8 Å². The summed E-state index contributed by atoms with van der Waals surface area (Å²) in [6, 6.07) is 0. The molecule has 3 heteroatoms. The summed E-state index contributed by atoms with van der Waals surface area (Å²) in [7, 11) is 0. The Bertz CT molecular complexity index is 210. The molecular weight excluding hydrogens is 202 g/mol. The molecule has 94 valence electrons. The van der Waals surface area contributed by atoms with Crippen molar-refractivity contribution < 1.29 is 9.90 Å². The van der Waals surface area contributed by atoms with Gasteiger partial charge in [-0.1, -0.05) is 13.8 Å². The second-order valence-corrected chi connectivity index (χ2v) is 5.10. The van der Waals surface area contributed by atoms with Crippen LogP contribution in [0.15, 0.2) is 0 Å². The quantitative estimate of drug-likeness (QED) is 0.755. The fourth-order valence-electron chi connectivity index (χ4n) is 2.23. The summed E-state index contributed by atoms with van der Waals surface area (Å²) in [5.74, 6) is 1.19. The Labute approximate surface area is 98.6 Å². The van der Waals surface area contributed by atoms with Crippen molar-refractivity contribution in [3.8, 4) is 0 Å². The standard InChI is InChI=1S/C13H25NO2/c1-3-12(15)8-9-14-13(16)11-6-4-10(2)5-7-11/h10-12,15H,3-9H2,1-2H3,(H,14,16). The second-order valence-electron chi connectivity index (χ2n) is 5.10. The molecule has 1 aliphatic rings. The second kappa shape index (κ2) is 6.89. The molecular formula is C13H25NO2. The highest BCUT2D eigenvalue weighted by atomic mass is 16.3. The van der Waals surface area contributed by atoms with Crippen molar-refractivity contribution in [2.75, 3.05) is 6.54 Å². The summed E-state index contributed by atoms with van der Waals surface area (Å²) >= 11 is 0. The van der Waals surface area contributed by atoms with Crippen molar-refractivity contribution in [2.24, 2.45) is 11.8 Å². The Morgan fingerprint density at radius 3 is 2.56 bits per heavy atom. The van der Waals surface area contributed by atoms with Crippen LogP contribution in [0, 0.1) is 11.8 Å². The lowest BCUT2D eigenvalue weighted by molar-refractivity contribution is -0.126. The zero-order valence-corrected chi connectivity index (χ0v) is 10.5. The van der Waals surface area contributed by atoms with E-state index in [0.29, 0.717) is 13.0 Å². The van der Waals surface area contributed by atoms with Crippen LogP contribution < -0.4 is 5.32 Å². The first kappa shape index (κ1) is 13.5. The van der Waals surface area contributed by atoms with Gasteiger partial charge in [-0.2, -0.15) is 0 Å². The normalized spacial score (nSPS) is 27.4. The minimum absolute atomic E-state index is 0.190. The molecule has 0 bridgehead atoms. The maximum Gasteiger partial charge on any atom is 0.223 e. The maximum absolute atomic E-state index is 11.8. The Balaban J connectivity index is 2.15. The van der Waals surface area contributed by atoms with E-state index in [-0.39, 0.29) is 17.9 Å². The molecule has 1 saturated carbocycles. The Kier molecular flexibility index (Phi) is 5.81. The summed E-state index contributed by atoms with van der Waals surface area (Å²) < 4.78 is 0. The molecule has 3 nitrogen and oxygen atoms in total. The zero-order valence-electron chi connectivity index (χ0n) is 10.5. The van der Waals surface area contributed by atoms with E-state index in [0.717, 1.165) is 25.2 Å². The maximum atomic E-state index is 11.8. The minimum atomic E-state index is -0.272.